The highest BCUT2D eigenvalue weighted by molar-refractivity contribution is 6.32. The number of carbonyl (C=O) groups excluding carboxylic acids is 2. The van der Waals surface area contributed by atoms with Crippen LogP contribution in [0.4, 0.5) is 0 Å². The summed E-state index contributed by atoms with van der Waals surface area (Å²) in [6.45, 7) is 3.80. The summed E-state index contributed by atoms with van der Waals surface area (Å²) >= 11 is 6.17. The number of ether oxygens (including phenoxy) is 1. The predicted octanol–water partition coefficient (Wildman–Crippen LogP) is 3.25. The normalized spacial score (nSPS) is 27.5. The first-order chi connectivity index (χ1) is 8.97. The largest absolute Gasteiger partial charge is 0.496 e. The van der Waals surface area contributed by atoms with Crippen molar-refractivity contribution in [1.82, 2.24) is 0 Å². The molecule has 1 aliphatic rings. The lowest BCUT2D eigenvalue weighted by Gasteiger charge is -2.30. The van der Waals surface area contributed by atoms with E-state index in [9.17, 15) is 9.59 Å². The molecule has 0 bridgehead atoms. The summed E-state index contributed by atoms with van der Waals surface area (Å²) in [7, 11) is 1.51. The minimum atomic E-state index is -0.783. The molecular weight excluding hydrogens is 264 g/mol. The number of carbonyl (C=O) groups is 2. The molecular formula is C15H17ClO3. The van der Waals surface area contributed by atoms with Crippen LogP contribution in [0.5, 0.6) is 5.75 Å². The van der Waals surface area contributed by atoms with E-state index in [1.807, 2.05) is 13.8 Å². The van der Waals surface area contributed by atoms with Crippen LogP contribution in [0.15, 0.2) is 18.2 Å². The SMILES string of the molecule is COc1cccc(Cl)c1C1C(=O)CC(C)C(C)C1=O. The monoisotopic (exact) mass is 280 g/mol. The number of ketones is 2. The van der Waals surface area contributed by atoms with Crippen LogP contribution in [0.25, 0.3) is 0 Å². The molecule has 0 aromatic heterocycles. The van der Waals surface area contributed by atoms with Crippen LogP contribution >= 0.6 is 11.6 Å². The zero-order valence-corrected chi connectivity index (χ0v) is 12.0. The summed E-state index contributed by atoms with van der Waals surface area (Å²) in [5.41, 5.74) is 0.514. The second kappa shape index (κ2) is 5.33. The van der Waals surface area contributed by atoms with Crippen molar-refractivity contribution in [1.29, 1.82) is 0 Å². The lowest BCUT2D eigenvalue weighted by molar-refractivity contribution is -0.136. The molecule has 2 rings (SSSR count). The van der Waals surface area contributed by atoms with Gasteiger partial charge in [0.25, 0.3) is 0 Å². The second-order valence-corrected chi connectivity index (χ2v) is 5.53. The Balaban J connectivity index is 2.51. The molecule has 0 amide bonds. The van der Waals surface area contributed by atoms with E-state index in [4.69, 9.17) is 16.3 Å². The summed E-state index contributed by atoms with van der Waals surface area (Å²) in [5.74, 6) is -0.457. The van der Waals surface area contributed by atoms with Crippen LogP contribution in [0.1, 0.15) is 31.7 Å². The van der Waals surface area contributed by atoms with E-state index in [0.717, 1.165) is 0 Å². The van der Waals surface area contributed by atoms with Crippen molar-refractivity contribution in [2.45, 2.75) is 26.2 Å². The highest BCUT2D eigenvalue weighted by Gasteiger charge is 2.41. The Kier molecular flexibility index (Phi) is 3.95. The average Bonchev–Trinajstić information content (AvgIpc) is 2.38. The fourth-order valence-corrected chi connectivity index (χ4v) is 2.87. The summed E-state index contributed by atoms with van der Waals surface area (Å²) in [6.07, 6.45) is 0.409. The van der Waals surface area contributed by atoms with Crippen LogP contribution in [-0.4, -0.2) is 18.7 Å². The molecule has 1 saturated carbocycles. The van der Waals surface area contributed by atoms with Gasteiger partial charge in [0.1, 0.15) is 17.5 Å². The van der Waals surface area contributed by atoms with Gasteiger partial charge in [-0.15, -0.1) is 0 Å². The quantitative estimate of drug-likeness (QED) is 0.781. The third kappa shape index (κ3) is 2.39. The highest BCUT2D eigenvalue weighted by Crippen LogP contribution is 2.40. The molecule has 0 heterocycles. The molecule has 0 N–H and O–H groups in total. The molecule has 1 fully saturated rings. The van der Waals surface area contributed by atoms with Crippen molar-refractivity contribution in [3.05, 3.63) is 28.8 Å². The molecule has 3 unspecified atom stereocenters. The molecule has 19 heavy (non-hydrogen) atoms. The lowest BCUT2D eigenvalue weighted by atomic mass is 9.71. The maximum absolute atomic E-state index is 12.4. The Morgan fingerprint density at radius 3 is 2.58 bits per heavy atom. The summed E-state index contributed by atoms with van der Waals surface area (Å²) in [6, 6.07) is 5.15. The van der Waals surface area contributed by atoms with Crippen molar-refractivity contribution < 1.29 is 14.3 Å². The molecule has 4 heteroatoms. The van der Waals surface area contributed by atoms with Crippen molar-refractivity contribution in [3.8, 4) is 5.75 Å². The van der Waals surface area contributed by atoms with E-state index in [1.54, 1.807) is 18.2 Å². The molecule has 0 spiro atoms. The number of Topliss-reactive ketones (excluding diaryl/α,β-unsaturated/α-hetero) is 2. The smallest absolute Gasteiger partial charge is 0.151 e. The van der Waals surface area contributed by atoms with E-state index in [1.165, 1.54) is 7.11 Å². The van der Waals surface area contributed by atoms with E-state index in [2.05, 4.69) is 0 Å². The van der Waals surface area contributed by atoms with Gasteiger partial charge in [-0.1, -0.05) is 31.5 Å². The molecule has 3 nitrogen and oxygen atoms in total. The topological polar surface area (TPSA) is 43.4 Å². The van der Waals surface area contributed by atoms with Crippen molar-refractivity contribution >= 4 is 23.2 Å². The zero-order valence-electron chi connectivity index (χ0n) is 11.3. The third-order valence-corrected chi connectivity index (χ3v) is 4.28. The number of hydrogen-bond acceptors (Lipinski definition) is 3. The second-order valence-electron chi connectivity index (χ2n) is 5.13. The number of hydrogen-bond donors (Lipinski definition) is 0. The van der Waals surface area contributed by atoms with E-state index in [0.29, 0.717) is 22.8 Å². The van der Waals surface area contributed by atoms with Gasteiger partial charge in [0.05, 0.1) is 7.11 Å². The summed E-state index contributed by atoms with van der Waals surface area (Å²) in [5, 5.41) is 0.410. The van der Waals surface area contributed by atoms with Crippen LogP contribution in [-0.2, 0) is 9.59 Å². The van der Waals surface area contributed by atoms with Crippen molar-refractivity contribution in [3.63, 3.8) is 0 Å². The maximum Gasteiger partial charge on any atom is 0.151 e. The number of halogens is 1. The van der Waals surface area contributed by atoms with E-state index < -0.39 is 5.92 Å². The number of benzene rings is 1. The zero-order chi connectivity index (χ0) is 14.2. The maximum atomic E-state index is 12.4. The summed E-state index contributed by atoms with van der Waals surface area (Å²) in [4.78, 5) is 24.7. The van der Waals surface area contributed by atoms with E-state index in [-0.39, 0.29) is 23.4 Å². The van der Waals surface area contributed by atoms with Crippen molar-refractivity contribution in [2.24, 2.45) is 11.8 Å². The molecule has 1 aromatic carbocycles. The minimum Gasteiger partial charge on any atom is -0.496 e. The van der Waals surface area contributed by atoms with Gasteiger partial charge in [0, 0.05) is 22.9 Å². The molecule has 3 atom stereocenters. The van der Waals surface area contributed by atoms with Crippen LogP contribution < -0.4 is 4.74 Å². The van der Waals surface area contributed by atoms with Gasteiger partial charge in [-0.2, -0.15) is 0 Å². The number of rotatable bonds is 2. The van der Waals surface area contributed by atoms with Gasteiger partial charge in [0.2, 0.25) is 0 Å². The Hall–Kier alpha value is -1.35. The minimum absolute atomic E-state index is 0.0600. The Morgan fingerprint density at radius 2 is 1.95 bits per heavy atom. The van der Waals surface area contributed by atoms with Gasteiger partial charge >= 0.3 is 0 Å². The first-order valence-electron chi connectivity index (χ1n) is 6.36. The molecule has 102 valence electrons. The van der Waals surface area contributed by atoms with Gasteiger partial charge in [0.15, 0.2) is 5.78 Å². The molecule has 0 aliphatic heterocycles. The van der Waals surface area contributed by atoms with Crippen LogP contribution in [0, 0.1) is 11.8 Å². The number of methoxy groups -OCH3 is 1. The average molecular weight is 281 g/mol. The molecule has 0 radical (unpaired) electrons. The first kappa shape index (κ1) is 14.1. The molecule has 1 aromatic rings. The Morgan fingerprint density at radius 1 is 1.26 bits per heavy atom. The van der Waals surface area contributed by atoms with Gasteiger partial charge in [-0.25, -0.2) is 0 Å². The highest BCUT2D eigenvalue weighted by atomic mass is 35.5. The van der Waals surface area contributed by atoms with Gasteiger partial charge in [-0.05, 0) is 18.1 Å². The predicted molar refractivity (Wildman–Crippen MR) is 73.7 cm³/mol. The standard InChI is InChI=1S/C15H17ClO3/c1-8-7-11(17)14(15(18)9(8)2)13-10(16)5-4-6-12(13)19-3/h4-6,8-9,14H,7H2,1-3H3. The van der Waals surface area contributed by atoms with Crippen LogP contribution in [0.2, 0.25) is 5.02 Å². The van der Waals surface area contributed by atoms with Crippen molar-refractivity contribution in [2.75, 3.05) is 7.11 Å². The van der Waals surface area contributed by atoms with Gasteiger partial charge in [-0.3, -0.25) is 9.59 Å². The molecule has 0 saturated heterocycles. The Labute approximate surface area is 117 Å². The summed E-state index contributed by atoms with van der Waals surface area (Å²) < 4.78 is 5.25. The molecule has 1 aliphatic carbocycles. The Bertz CT molecular complexity index is 524. The fraction of sp³-hybridized carbons (Fsp3) is 0.467. The fourth-order valence-electron chi connectivity index (χ4n) is 2.59. The first-order valence-corrected chi connectivity index (χ1v) is 6.74. The van der Waals surface area contributed by atoms with E-state index >= 15 is 0 Å². The van der Waals surface area contributed by atoms with Crippen LogP contribution in [0.3, 0.4) is 0 Å². The third-order valence-electron chi connectivity index (χ3n) is 3.95. The van der Waals surface area contributed by atoms with Gasteiger partial charge < -0.3 is 4.74 Å². The lowest BCUT2D eigenvalue weighted by Crippen LogP contribution is -2.37.